The van der Waals surface area contributed by atoms with E-state index in [1.165, 1.54) is 5.56 Å². The summed E-state index contributed by atoms with van der Waals surface area (Å²) in [5.41, 5.74) is 1.26. The molecule has 2 N–H and O–H groups in total. The Hall–Kier alpha value is -1.60. The third-order valence-corrected chi connectivity index (χ3v) is 4.35. The summed E-state index contributed by atoms with van der Waals surface area (Å²) in [7, 11) is 0. The van der Waals surface area contributed by atoms with E-state index in [9.17, 15) is 9.59 Å². The highest BCUT2D eigenvalue weighted by Gasteiger charge is 2.20. The summed E-state index contributed by atoms with van der Waals surface area (Å²) in [6.07, 6.45) is 0.547. The predicted octanol–water partition coefficient (Wildman–Crippen LogP) is 2.14. The number of carboxylic acids is 1. The van der Waals surface area contributed by atoms with Crippen LogP contribution in [0.1, 0.15) is 18.4 Å². The maximum Gasteiger partial charge on any atom is 0.317 e. The van der Waals surface area contributed by atoms with Gasteiger partial charge in [0.05, 0.1) is 0 Å². The van der Waals surface area contributed by atoms with Gasteiger partial charge in [0.2, 0.25) is 0 Å². The fourth-order valence-electron chi connectivity index (χ4n) is 2.50. The van der Waals surface area contributed by atoms with Crippen LogP contribution in [0.4, 0.5) is 4.79 Å². The first-order valence-electron chi connectivity index (χ1n) is 7.76. The predicted molar refractivity (Wildman–Crippen MR) is 91.3 cm³/mol. The van der Waals surface area contributed by atoms with Crippen LogP contribution in [-0.4, -0.2) is 59.6 Å². The number of benzene rings is 1. The number of nitrogens with one attached hydrogen (secondary N) is 1. The van der Waals surface area contributed by atoms with E-state index in [2.05, 4.69) is 38.3 Å². The first-order chi connectivity index (χ1) is 11.0. The van der Waals surface area contributed by atoms with Crippen molar-refractivity contribution in [2.24, 2.45) is 0 Å². The molecular weight excluding hydrogens is 362 g/mol. The molecule has 0 spiro atoms. The van der Waals surface area contributed by atoms with Gasteiger partial charge in [-0.15, -0.1) is 0 Å². The van der Waals surface area contributed by atoms with Gasteiger partial charge in [-0.3, -0.25) is 9.69 Å². The highest BCUT2D eigenvalue weighted by atomic mass is 79.9. The second-order valence-corrected chi connectivity index (χ2v) is 6.53. The van der Waals surface area contributed by atoms with Gasteiger partial charge in [-0.25, -0.2) is 4.79 Å². The molecule has 2 amide bonds. The molecule has 0 unspecified atom stereocenters. The fourth-order valence-corrected chi connectivity index (χ4v) is 2.77. The Labute approximate surface area is 144 Å². The monoisotopic (exact) mass is 383 g/mol. The van der Waals surface area contributed by atoms with Gasteiger partial charge in [-0.05, 0) is 24.1 Å². The molecule has 0 saturated carbocycles. The average molecular weight is 384 g/mol. The van der Waals surface area contributed by atoms with Gasteiger partial charge in [-0.1, -0.05) is 28.1 Å². The van der Waals surface area contributed by atoms with Crippen LogP contribution in [0.15, 0.2) is 28.7 Å². The third-order valence-electron chi connectivity index (χ3n) is 3.82. The fraction of sp³-hybridized carbons (Fsp3) is 0.500. The number of aliphatic carboxylic acids is 1. The average Bonchev–Trinajstić information content (AvgIpc) is 2.54. The van der Waals surface area contributed by atoms with Gasteiger partial charge in [0, 0.05) is 50.2 Å². The molecule has 6 nitrogen and oxygen atoms in total. The minimum atomic E-state index is -0.833. The van der Waals surface area contributed by atoms with Crippen molar-refractivity contribution in [1.82, 2.24) is 15.1 Å². The molecule has 1 aliphatic heterocycles. The first-order valence-corrected chi connectivity index (χ1v) is 8.55. The van der Waals surface area contributed by atoms with E-state index >= 15 is 0 Å². The Morgan fingerprint density at radius 2 is 1.78 bits per heavy atom. The van der Waals surface area contributed by atoms with E-state index in [0.29, 0.717) is 26.1 Å². The molecule has 0 radical (unpaired) electrons. The zero-order valence-corrected chi connectivity index (χ0v) is 14.6. The van der Waals surface area contributed by atoms with E-state index in [1.807, 2.05) is 12.1 Å². The van der Waals surface area contributed by atoms with Crippen LogP contribution in [0, 0.1) is 0 Å². The molecule has 7 heteroatoms. The lowest BCUT2D eigenvalue weighted by atomic mass is 10.2. The number of carbonyl (C=O) groups excluding carboxylic acids is 1. The molecule has 1 fully saturated rings. The van der Waals surface area contributed by atoms with Gasteiger partial charge < -0.3 is 15.3 Å². The summed E-state index contributed by atoms with van der Waals surface area (Å²) in [6, 6.07) is 8.18. The van der Waals surface area contributed by atoms with E-state index in [1.54, 1.807) is 4.90 Å². The minimum absolute atomic E-state index is 0.0846. The summed E-state index contributed by atoms with van der Waals surface area (Å²) < 4.78 is 1.07. The molecule has 1 saturated heterocycles. The van der Waals surface area contributed by atoms with E-state index in [4.69, 9.17) is 5.11 Å². The van der Waals surface area contributed by atoms with Crippen molar-refractivity contribution in [1.29, 1.82) is 0 Å². The van der Waals surface area contributed by atoms with Crippen molar-refractivity contribution in [3.05, 3.63) is 34.3 Å². The quantitative estimate of drug-likeness (QED) is 0.738. The van der Waals surface area contributed by atoms with Crippen molar-refractivity contribution in [3.63, 3.8) is 0 Å². The number of carboxylic acid groups (broad SMARTS) is 1. The summed E-state index contributed by atoms with van der Waals surface area (Å²) >= 11 is 3.43. The van der Waals surface area contributed by atoms with E-state index in [0.717, 1.165) is 24.1 Å². The number of hydrogen-bond acceptors (Lipinski definition) is 3. The summed E-state index contributed by atoms with van der Waals surface area (Å²) in [5, 5.41) is 11.3. The standard InChI is InChI=1S/C16H22BrN3O3/c17-14-5-3-13(4-6-14)12-19-8-10-20(11-9-19)16(23)18-7-1-2-15(21)22/h3-6H,1-2,7-12H2,(H,18,23)(H,21,22). The molecule has 1 aromatic carbocycles. The molecule has 126 valence electrons. The molecule has 2 rings (SSSR count). The maximum atomic E-state index is 12.0. The summed E-state index contributed by atoms with van der Waals surface area (Å²) in [6.45, 7) is 4.38. The van der Waals surface area contributed by atoms with Crippen LogP contribution >= 0.6 is 15.9 Å². The second-order valence-electron chi connectivity index (χ2n) is 5.62. The zero-order chi connectivity index (χ0) is 16.7. The number of amides is 2. The lowest BCUT2D eigenvalue weighted by Gasteiger charge is -2.34. The highest BCUT2D eigenvalue weighted by molar-refractivity contribution is 9.10. The number of carbonyl (C=O) groups is 2. The Kier molecular flexibility index (Phi) is 6.85. The van der Waals surface area contributed by atoms with Crippen LogP contribution < -0.4 is 5.32 Å². The SMILES string of the molecule is O=C(O)CCCNC(=O)N1CCN(Cc2ccc(Br)cc2)CC1. The molecular formula is C16H22BrN3O3. The van der Waals surface area contributed by atoms with Gasteiger partial charge in [0.25, 0.3) is 0 Å². The molecule has 0 bridgehead atoms. The third kappa shape index (κ3) is 6.19. The summed E-state index contributed by atoms with van der Waals surface area (Å²) in [5.74, 6) is -0.833. The molecule has 23 heavy (non-hydrogen) atoms. The Morgan fingerprint density at radius 3 is 2.39 bits per heavy atom. The maximum absolute atomic E-state index is 12.0. The van der Waals surface area contributed by atoms with Crippen LogP contribution in [0.3, 0.4) is 0 Å². The minimum Gasteiger partial charge on any atom is -0.481 e. The number of hydrogen-bond donors (Lipinski definition) is 2. The van der Waals surface area contributed by atoms with Crippen LogP contribution in [-0.2, 0) is 11.3 Å². The van der Waals surface area contributed by atoms with Crippen LogP contribution in [0.25, 0.3) is 0 Å². The number of piperazine rings is 1. The van der Waals surface area contributed by atoms with Crippen LogP contribution in [0.5, 0.6) is 0 Å². The molecule has 0 atom stereocenters. The largest absolute Gasteiger partial charge is 0.481 e. The number of urea groups is 1. The lowest BCUT2D eigenvalue weighted by Crippen LogP contribution is -2.51. The van der Waals surface area contributed by atoms with Crippen molar-refractivity contribution in [2.75, 3.05) is 32.7 Å². The second kappa shape index (κ2) is 8.88. The van der Waals surface area contributed by atoms with Gasteiger partial charge in [-0.2, -0.15) is 0 Å². The lowest BCUT2D eigenvalue weighted by molar-refractivity contribution is -0.137. The Bertz CT molecular complexity index is 528. The van der Waals surface area contributed by atoms with Crippen molar-refractivity contribution >= 4 is 27.9 Å². The zero-order valence-electron chi connectivity index (χ0n) is 13.0. The van der Waals surface area contributed by atoms with Crippen molar-refractivity contribution in [3.8, 4) is 0 Å². The topological polar surface area (TPSA) is 72.9 Å². The van der Waals surface area contributed by atoms with Gasteiger partial charge >= 0.3 is 12.0 Å². The van der Waals surface area contributed by atoms with Crippen LogP contribution in [0.2, 0.25) is 0 Å². The normalized spacial score (nSPS) is 15.4. The molecule has 1 aromatic rings. The summed E-state index contributed by atoms with van der Waals surface area (Å²) in [4.78, 5) is 26.5. The molecule has 0 aliphatic carbocycles. The molecule has 1 heterocycles. The smallest absolute Gasteiger partial charge is 0.317 e. The number of rotatable bonds is 6. The Morgan fingerprint density at radius 1 is 1.13 bits per heavy atom. The van der Waals surface area contributed by atoms with Crippen molar-refractivity contribution in [2.45, 2.75) is 19.4 Å². The first kappa shape index (κ1) is 17.7. The van der Waals surface area contributed by atoms with Gasteiger partial charge in [0.15, 0.2) is 0 Å². The van der Waals surface area contributed by atoms with E-state index < -0.39 is 5.97 Å². The van der Waals surface area contributed by atoms with Gasteiger partial charge in [0.1, 0.15) is 0 Å². The number of nitrogens with zero attached hydrogens (tertiary/aromatic N) is 2. The van der Waals surface area contributed by atoms with Crippen molar-refractivity contribution < 1.29 is 14.7 Å². The number of halogens is 1. The Balaban J connectivity index is 1.67. The molecule has 1 aliphatic rings. The van der Waals surface area contributed by atoms with E-state index in [-0.39, 0.29) is 12.5 Å². The molecule has 0 aromatic heterocycles. The highest BCUT2D eigenvalue weighted by Crippen LogP contribution is 2.13.